The molecular formula is C19H23NO4. The lowest BCUT2D eigenvalue weighted by Crippen LogP contribution is -2.39. The quantitative estimate of drug-likeness (QED) is 0.871. The summed E-state index contributed by atoms with van der Waals surface area (Å²) < 4.78 is 0. The lowest BCUT2D eigenvalue weighted by molar-refractivity contribution is -0.130. The maximum absolute atomic E-state index is 12.4. The molecule has 1 aromatic carbocycles. The summed E-state index contributed by atoms with van der Waals surface area (Å²) >= 11 is 0. The lowest BCUT2D eigenvalue weighted by Gasteiger charge is -2.31. The van der Waals surface area contributed by atoms with Crippen LogP contribution in [0.5, 0.6) is 5.75 Å². The van der Waals surface area contributed by atoms with Crippen molar-refractivity contribution in [3.8, 4) is 5.75 Å². The monoisotopic (exact) mass is 329 g/mol. The minimum absolute atomic E-state index is 0.149. The smallest absolute Gasteiger partial charge is 0.289 e. The van der Waals surface area contributed by atoms with Crippen molar-refractivity contribution in [2.24, 2.45) is 0 Å². The van der Waals surface area contributed by atoms with Crippen LogP contribution in [0.3, 0.4) is 0 Å². The van der Waals surface area contributed by atoms with Crippen molar-refractivity contribution in [1.82, 2.24) is 4.90 Å². The van der Waals surface area contributed by atoms with Crippen LogP contribution in [-0.4, -0.2) is 39.4 Å². The number of phenols is 1. The molecule has 0 unspecified atom stereocenters. The number of benzene rings is 1. The van der Waals surface area contributed by atoms with Gasteiger partial charge in [-0.2, -0.15) is 0 Å². The standard InChI is InChI=1S/C19H23NO4/c21-15-9-6-13(7-10-15)8-11-17(22)16-12-20(19(24)18(16)23)14-4-2-1-3-5-14/h6-7,9-10,14,21,23H,1-5,8,11-12H2. The van der Waals surface area contributed by atoms with E-state index in [1.54, 1.807) is 29.2 Å². The molecule has 2 aliphatic rings. The van der Waals surface area contributed by atoms with Crippen LogP contribution in [0.25, 0.3) is 0 Å². The van der Waals surface area contributed by atoms with Crippen molar-refractivity contribution in [2.75, 3.05) is 6.54 Å². The number of Topliss-reactive ketones (excluding diaryl/α,β-unsaturated/α-hetero) is 1. The number of hydrogen-bond acceptors (Lipinski definition) is 4. The SMILES string of the molecule is O=C(CCc1ccc(O)cc1)C1=C(O)C(=O)N(C2CCCCC2)C1. The molecule has 0 aromatic heterocycles. The normalized spacial score (nSPS) is 19.2. The zero-order chi connectivity index (χ0) is 17.1. The summed E-state index contributed by atoms with van der Waals surface area (Å²) in [7, 11) is 0. The summed E-state index contributed by atoms with van der Waals surface area (Å²) in [5, 5.41) is 19.4. The zero-order valence-corrected chi connectivity index (χ0v) is 13.7. The van der Waals surface area contributed by atoms with Gasteiger partial charge in [0.2, 0.25) is 0 Å². The van der Waals surface area contributed by atoms with E-state index in [-0.39, 0.29) is 41.9 Å². The van der Waals surface area contributed by atoms with Gasteiger partial charge in [-0.3, -0.25) is 9.59 Å². The van der Waals surface area contributed by atoms with Crippen molar-refractivity contribution < 1.29 is 19.8 Å². The molecule has 5 heteroatoms. The average Bonchev–Trinajstić information content (AvgIpc) is 2.90. The van der Waals surface area contributed by atoms with E-state index in [1.165, 1.54) is 6.42 Å². The molecule has 0 radical (unpaired) electrons. The highest BCUT2D eigenvalue weighted by Gasteiger charge is 2.37. The van der Waals surface area contributed by atoms with Crippen molar-refractivity contribution in [3.63, 3.8) is 0 Å². The Labute approximate surface area is 141 Å². The van der Waals surface area contributed by atoms with Crippen LogP contribution >= 0.6 is 0 Å². The summed E-state index contributed by atoms with van der Waals surface area (Å²) in [5.41, 5.74) is 1.19. The molecule has 1 saturated carbocycles. The topological polar surface area (TPSA) is 77.8 Å². The highest BCUT2D eigenvalue weighted by molar-refractivity contribution is 6.07. The number of aromatic hydroxyl groups is 1. The van der Waals surface area contributed by atoms with E-state index in [9.17, 15) is 19.8 Å². The average molecular weight is 329 g/mol. The third-order valence-electron chi connectivity index (χ3n) is 5.01. The van der Waals surface area contributed by atoms with Gasteiger partial charge in [0.25, 0.3) is 5.91 Å². The Kier molecular flexibility index (Phi) is 4.88. The Morgan fingerprint density at radius 3 is 2.42 bits per heavy atom. The molecule has 0 atom stereocenters. The van der Waals surface area contributed by atoms with Gasteiger partial charge in [-0.1, -0.05) is 31.4 Å². The van der Waals surface area contributed by atoms with E-state index in [2.05, 4.69) is 0 Å². The van der Waals surface area contributed by atoms with Gasteiger partial charge in [0.1, 0.15) is 5.75 Å². The van der Waals surface area contributed by atoms with E-state index < -0.39 is 5.91 Å². The molecule has 1 aliphatic carbocycles. The molecule has 1 aliphatic heterocycles. The van der Waals surface area contributed by atoms with Gasteiger partial charge < -0.3 is 15.1 Å². The Bertz CT molecular complexity index is 656. The minimum atomic E-state index is -0.394. The zero-order valence-electron chi connectivity index (χ0n) is 13.7. The van der Waals surface area contributed by atoms with E-state index in [4.69, 9.17) is 0 Å². The molecule has 1 amide bonds. The molecule has 5 nitrogen and oxygen atoms in total. The molecule has 1 aromatic rings. The fourth-order valence-electron chi connectivity index (χ4n) is 3.56. The minimum Gasteiger partial charge on any atom is -0.508 e. The van der Waals surface area contributed by atoms with Crippen molar-refractivity contribution >= 4 is 11.7 Å². The maximum Gasteiger partial charge on any atom is 0.289 e. The number of aliphatic hydroxyl groups is 1. The van der Waals surface area contributed by atoms with Crippen LogP contribution in [0.2, 0.25) is 0 Å². The number of hydrogen-bond donors (Lipinski definition) is 2. The number of carbonyl (C=O) groups is 2. The summed E-state index contributed by atoms with van der Waals surface area (Å²) in [4.78, 5) is 26.4. The molecule has 2 N–H and O–H groups in total. The second-order valence-corrected chi connectivity index (χ2v) is 6.64. The molecule has 24 heavy (non-hydrogen) atoms. The first-order chi connectivity index (χ1) is 11.6. The second kappa shape index (κ2) is 7.07. The molecule has 128 valence electrons. The molecule has 1 fully saturated rings. The van der Waals surface area contributed by atoms with Gasteiger partial charge >= 0.3 is 0 Å². The van der Waals surface area contributed by atoms with Crippen molar-refractivity contribution in [1.29, 1.82) is 0 Å². The fraction of sp³-hybridized carbons (Fsp3) is 0.474. The van der Waals surface area contributed by atoms with Crippen LogP contribution in [0.1, 0.15) is 44.1 Å². The summed E-state index contributed by atoms with van der Waals surface area (Å²) in [6, 6.07) is 6.85. The Balaban J connectivity index is 1.61. The van der Waals surface area contributed by atoms with Crippen molar-refractivity contribution in [3.05, 3.63) is 41.2 Å². The third-order valence-corrected chi connectivity index (χ3v) is 5.01. The van der Waals surface area contributed by atoms with E-state index in [1.807, 2.05) is 0 Å². The number of amides is 1. The van der Waals surface area contributed by atoms with E-state index >= 15 is 0 Å². The maximum atomic E-state index is 12.4. The highest BCUT2D eigenvalue weighted by atomic mass is 16.3. The molecule has 1 heterocycles. The Morgan fingerprint density at radius 1 is 1.08 bits per heavy atom. The van der Waals surface area contributed by atoms with Gasteiger partial charge in [0, 0.05) is 12.5 Å². The summed E-state index contributed by atoms with van der Waals surface area (Å²) in [5.74, 6) is -0.742. The largest absolute Gasteiger partial charge is 0.508 e. The van der Waals surface area contributed by atoms with Gasteiger partial charge in [-0.15, -0.1) is 0 Å². The number of ketones is 1. The molecule has 0 bridgehead atoms. The first kappa shape index (κ1) is 16.6. The Hall–Kier alpha value is -2.30. The van der Waals surface area contributed by atoms with E-state index in [0.717, 1.165) is 31.2 Å². The molecule has 0 saturated heterocycles. The number of phenolic OH excluding ortho intramolecular Hbond substituents is 1. The number of aryl methyl sites for hydroxylation is 1. The van der Waals surface area contributed by atoms with E-state index in [0.29, 0.717) is 6.42 Å². The first-order valence-electron chi connectivity index (χ1n) is 8.60. The summed E-state index contributed by atoms with van der Waals surface area (Å²) in [6.45, 7) is 0.240. The fourth-order valence-corrected chi connectivity index (χ4v) is 3.56. The van der Waals surface area contributed by atoms with Gasteiger partial charge in [0.15, 0.2) is 11.5 Å². The van der Waals surface area contributed by atoms with Crippen LogP contribution < -0.4 is 0 Å². The summed E-state index contributed by atoms with van der Waals surface area (Å²) in [6.07, 6.45) is 6.06. The number of carbonyl (C=O) groups excluding carboxylic acids is 2. The number of nitrogens with zero attached hydrogens (tertiary/aromatic N) is 1. The van der Waals surface area contributed by atoms with Gasteiger partial charge in [-0.05, 0) is 37.0 Å². The van der Waals surface area contributed by atoms with Crippen molar-refractivity contribution in [2.45, 2.75) is 51.0 Å². The predicted molar refractivity (Wildman–Crippen MR) is 89.7 cm³/mol. The van der Waals surface area contributed by atoms with Gasteiger partial charge in [0.05, 0.1) is 12.1 Å². The number of aliphatic hydroxyl groups excluding tert-OH is 1. The van der Waals surface area contributed by atoms with Crippen LogP contribution in [0, 0.1) is 0 Å². The number of rotatable bonds is 5. The van der Waals surface area contributed by atoms with Crippen LogP contribution in [0.4, 0.5) is 0 Å². The van der Waals surface area contributed by atoms with Crippen LogP contribution in [-0.2, 0) is 16.0 Å². The molecule has 0 spiro atoms. The van der Waals surface area contributed by atoms with Crippen LogP contribution in [0.15, 0.2) is 35.6 Å². The molecule has 3 rings (SSSR count). The van der Waals surface area contributed by atoms with Gasteiger partial charge in [-0.25, -0.2) is 0 Å². The second-order valence-electron chi connectivity index (χ2n) is 6.64. The first-order valence-corrected chi connectivity index (χ1v) is 8.60. The lowest BCUT2D eigenvalue weighted by atomic mass is 9.94. The third kappa shape index (κ3) is 3.45. The highest BCUT2D eigenvalue weighted by Crippen LogP contribution is 2.29. The Morgan fingerprint density at radius 2 is 1.75 bits per heavy atom. The predicted octanol–water partition coefficient (Wildman–Crippen LogP) is 2.88. The molecular weight excluding hydrogens is 306 g/mol.